The Labute approximate surface area is 116 Å². The zero-order valence-corrected chi connectivity index (χ0v) is 11.4. The molecule has 1 aromatic heterocycles. The van der Waals surface area contributed by atoms with Crippen LogP contribution in [0, 0.1) is 0 Å². The second kappa shape index (κ2) is 6.40. The number of hydrogen-bond acceptors (Lipinski definition) is 6. The molecular formula is C12H16BN3O4. The molecule has 1 heterocycles. The lowest BCUT2D eigenvalue weighted by Crippen LogP contribution is -2.31. The van der Waals surface area contributed by atoms with Crippen LogP contribution in [0.2, 0.25) is 0 Å². The van der Waals surface area contributed by atoms with Crippen LogP contribution in [-0.4, -0.2) is 39.0 Å². The molecule has 0 saturated carbocycles. The molecule has 106 valence electrons. The van der Waals surface area contributed by atoms with Crippen molar-refractivity contribution >= 4 is 12.6 Å². The number of aryl methyl sites for hydroxylation is 1. The van der Waals surface area contributed by atoms with Crippen LogP contribution < -0.4 is 14.9 Å². The van der Waals surface area contributed by atoms with Gasteiger partial charge in [0.2, 0.25) is 0 Å². The SMILES string of the molecule is CCn1ncnc1COc1ccc(OC)cc1B(O)O. The van der Waals surface area contributed by atoms with E-state index in [1.54, 1.807) is 16.8 Å². The first kappa shape index (κ1) is 14.4. The molecule has 7 nitrogen and oxygen atoms in total. The van der Waals surface area contributed by atoms with Gasteiger partial charge in [-0.3, -0.25) is 0 Å². The summed E-state index contributed by atoms with van der Waals surface area (Å²) in [5.41, 5.74) is 0.243. The highest BCUT2D eigenvalue weighted by Crippen LogP contribution is 2.16. The second-order valence-corrected chi connectivity index (χ2v) is 4.06. The molecule has 0 aliphatic carbocycles. The highest BCUT2D eigenvalue weighted by molar-refractivity contribution is 6.59. The fourth-order valence-corrected chi connectivity index (χ4v) is 1.79. The predicted molar refractivity (Wildman–Crippen MR) is 72.8 cm³/mol. The van der Waals surface area contributed by atoms with Crippen LogP contribution in [0.4, 0.5) is 0 Å². The van der Waals surface area contributed by atoms with Gasteiger partial charge in [-0.05, 0) is 25.1 Å². The summed E-state index contributed by atoms with van der Waals surface area (Å²) in [5, 5.41) is 22.8. The third-order valence-electron chi connectivity index (χ3n) is 2.85. The Balaban J connectivity index is 2.16. The summed E-state index contributed by atoms with van der Waals surface area (Å²) < 4.78 is 12.3. The van der Waals surface area contributed by atoms with Crippen LogP contribution in [0.5, 0.6) is 11.5 Å². The monoisotopic (exact) mass is 277 g/mol. The van der Waals surface area contributed by atoms with Crippen molar-refractivity contribution in [2.45, 2.75) is 20.1 Å². The lowest BCUT2D eigenvalue weighted by atomic mass is 9.79. The predicted octanol–water partition coefficient (Wildman–Crippen LogP) is -0.435. The lowest BCUT2D eigenvalue weighted by Gasteiger charge is -2.12. The Morgan fingerprint density at radius 1 is 1.35 bits per heavy atom. The molecule has 0 unspecified atom stereocenters. The van der Waals surface area contributed by atoms with E-state index in [1.165, 1.54) is 19.5 Å². The van der Waals surface area contributed by atoms with Gasteiger partial charge in [0.15, 0.2) is 5.82 Å². The van der Waals surface area contributed by atoms with Gasteiger partial charge in [0.05, 0.1) is 7.11 Å². The van der Waals surface area contributed by atoms with E-state index in [4.69, 9.17) is 9.47 Å². The van der Waals surface area contributed by atoms with Gasteiger partial charge >= 0.3 is 7.12 Å². The number of nitrogens with zero attached hydrogens (tertiary/aromatic N) is 3. The van der Waals surface area contributed by atoms with Gasteiger partial charge < -0.3 is 19.5 Å². The van der Waals surface area contributed by atoms with Crippen molar-refractivity contribution in [3.05, 3.63) is 30.4 Å². The summed E-state index contributed by atoms with van der Waals surface area (Å²) in [4.78, 5) is 4.09. The molecule has 0 aliphatic heterocycles. The minimum atomic E-state index is -1.64. The molecule has 0 atom stereocenters. The summed E-state index contributed by atoms with van der Waals surface area (Å²) in [7, 11) is -0.128. The quantitative estimate of drug-likeness (QED) is 0.696. The van der Waals surface area contributed by atoms with E-state index >= 15 is 0 Å². The van der Waals surface area contributed by atoms with Crippen molar-refractivity contribution in [3.8, 4) is 11.5 Å². The smallest absolute Gasteiger partial charge is 0.492 e. The molecule has 8 heteroatoms. The molecule has 0 saturated heterocycles. The molecule has 20 heavy (non-hydrogen) atoms. The maximum atomic E-state index is 9.37. The maximum absolute atomic E-state index is 9.37. The number of benzene rings is 1. The number of methoxy groups -OCH3 is 1. The largest absolute Gasteiger partial charge is 0.497 e. The summed E-state index contributed by atoms with van der Waals surface area (Å²) >= 11 is 0. The molecule has 0 amide bonds. The van der Waals surface area contributed by atoms with E-state index < -0.39 is 7.12 Å². The van der Waals surface area contributed by atoms with Crippen LogP contribution in [0.15, 0.2) is 24.5 Å². The van der Waals surface area contributed by atoms with Gasteiger partial charge in [-0.2, -0.15) is 5.10 Å². The van der Waals surface area contributed by atoms with E-state index in [2.05, 4.69) is 10.1 Å². The zero-order chi connectivity index (χ0) is 14.5. The van der Waals surface area contributed by atoms with E-state index in [9.17, 15) is 10.0 Å². The summed E-state index contributed by atoms with van der Waals surface area (Å²) in [6.07, 6.45) is 1.46. The molecule has 0 fully saturated rings. The molecule has 1 aromatic carbocycles. The first-order valence-electron chi connectivity index (χ1n) is 6.19. The Kier molecular flexibility index (Phi) is 4.59. The molecule has 0 aliphatic rings. The van der Waals surface area contributed by atoms with Gasteiger partial charge in [-0.15, -0.1) is 0 Å². The third-order valence-corrected chi connectivity index (χ3v) is 2.85. The lowest BCUT2D eigenvalue weighted by molar-refractivity contribution is 0.287. The van der Waals surface area contributed by atoms with E-state index in [1.807, 2.05) is 6.92 Å². The highest BCUT2D eigenvalue weighted by atomic mass is 16.5. The maximum Gasteiger partial charge on any atom is 0.492 e. The van der Waals surface area contributed by atoms with Gasteiger partial charge in [0, 0.05) is 12.0 Å². The molecule has 0 radical (unpaired) electrons. The van der Waals surface area contributed by atoms with E-state index in [-0.39, 0.29) is 12.1 Å². The second-order valence-electron chi connectivity index (χ2n) is 4.06. The standard InChI is InChI=1S/C12H16BN3O4/c1-3-16-12(14-8-15-16)7-20-11-5-4-9(19-2)6-10(11)13(17)18/h4-6,8,17-18H,3,7H2,1-2H3. The van der Waals surface area contributed by atoms with Gasteiger partial charge in [-0.25, -0.2) is 9.67 Å². The fourth-order valence-electron chi connectivity index (χ4n) is 1.79. The number of ether oxygens (including phenoxy) is 2. The third kappa shape index (κ3) is 3.09. The minimum Gasteiger partial charge on any atom is -0.497 e. The molecule has 0 spiro atoms. The number of rotatable bonds is 6. The van der Waals surface area contributed by atoms with Crippen molar-refractivity contribution in [1.82, 2.24) is 14.8 Å². The fraction of sp³-hybridized carbons (Fsp3) is 0.333. The summed E-state index contributed by atoms with van der Waals surface area (Å²) in [6.45, 7) is 2.84. The first-order valence-corrected chi connectivity index (χ1v) is 6.19. The van der Waals surface area contributed by atoms with Crippen molar-refractivity contribution in [2.75, 3.05) is 7.11 Å². The van der Waals surface area contributed by atoms with Gasteiger partial charge in [-0.1, -0.05) is 0 Å². The minimum absolute atomic E-state index is 0.194. The van der Waals surface area contributed by atoms with Crippen molar-refractivity contribution in [3.63, 3.8) is 0 Å². The molecule has 2 rings (SSSR count). The Hall–Kier alpha value is -2.06. The molecule has 2 N–H and O–H groups in total. The summed E-state index contributed by atoms with van der Waals surface area (Å²) in [5.74, 6) is 1.56. The Morgan fingerprint density at radius 3 is 2.80 bits per heavy atom. The molecular weight excluding hydrogens is 261 g/mol. The van der Waals surface area contributed by atoms with Crippen LogP contribution in [0.3, 0.4) is 0 Å². The number of aromatic nitrogens is 3. The Bertz CT molecular complexity index is 574. The van der Waals surface area contributed by atoms with Crippen LogP contribution in [0.1, 0.15) is 12.7 Å². The van der Waals surface area contributed by atoms with Gasteiger partial charge in [0.1, 0.15) is 24.4 Å². The average molecular weight is 277 g/mol. The van der Waals surface area contributed by atoms with Crippen LogP contribution in [-0.2, 0) is 13.2 Å². The number of hydrogen-bond donors (Lipinski definition) is 2. The zero-order valence-electron chi connectivity index (χ0n) is 11.4. The van der Waals surface area contributed by atoms with Crippen molar-refractivity contribution in [2.24, 2.45) is 0 Å². The Morgan fingerprint density at radius 2 is 2.15 bits per heavy atom. The first-order chi connectivity index (χ1) is 9.65. The van der Waals surface area contributed by atoms with E-state index in [0.717, 1.165) is 0 Å². The molecule has 2 aromatic rings. The van der Waals surface area contributed by atoms with Crippen molar-refractivity contribution < 1.29 is 19.5 Å². The van der Waals surface area contributed by atoms with E-state index in [0.29, 0.717) is 23.9 Å². The van der Waals surface area contributed by atoms with Gasteiger partial charge in [0.25, 0.3) is 0 Å². The molecule has 0 bridgehead atoms. The normalized spacial score (nSPS) is 10.4. The van der Waals surface area contributed by atoms with Crippen LogP contribution >= 0.6 is 0 Å². The topological polar surface area (TPSA) is 89.6 Å². The summed E-state index contributed by atoms with van der Waals surface area (Å²) in [6, 6.07) is 4.83. The van der Waals surface area contributed by atoms with Crippen molar-refractivity contribution in [1.29, 1.82) is 0 Å². The van der Waals surface area contributed by atoms with Crippen LogP contribution in [0.25, 0.3) is 0 Å². The average Bonchev–Trinajstić information content (AvgIpc) is 2.92. The highest BCUT2D eigenvalue weighted by Gasteiger charge is 2.19.